The highest BCUT2D eigenvalue weighted by Crippen LogP contribution is 2.43. The van der Waals surface area contributed by atoms with E-state index in [1.54, 1.807) is 15.7 Å². The molecule has 38 heavy (non-hydrogen) atoms. The summed E-state index contributed by atoms with van der Waals surface area (Å²) in [7, 11) is 0. The fraction of sp³-hybridized carbons (Fsp3) is 0.276. The molecule has 0 bridgehead atoms. The van der Waals surface area contributed by atoms with E-state index in [0.29, 0.717) is 43.3 Å². The number of rotatable bonds is 5. The number of fused-ring (bicyclic) bond motifs is 1. The Morgan fingerprint density at radius 1 is 1.21 bits per heavy atom. The number of aromatic amines is 1. The van der Waals surface area contributed by atoms with Crippen LogP contribution >= 0.6 is 0 Å². The molecule has 4 heterocycles. The first-order valence-electron chi connectivity index (χ1n) is 12.6. The average molecular weight is 506 g/mol. The third kappa shape index (κ3) is 3.77. The number of carbonyl (C=O) groups is 1. The van der Waals surface area contributed by atoms with Gasteiger partial charge in [-0.1, -0.05) is 43.0 Å². The molecule has 2 aliphatic rings. The zero-order chi connectivity index (χ0) is 26.4. The SMILES string of the molecule is C=CC(=O)N1CC2(CCN(c3nc(=O)n(Cc4ccccc4)c(-c4c(C)ccc5[nH]ncc45)c3C#N)C2)C1. The number of likely N-dealkylation sites (tertiary alicyclic amines) is 1. The number of aryl methyl sites for hydroxylation is 1. The Kier molecular flexibility index (Phi) is 5.60. The van der Waals surface area contributed by atoms with Crippen LogP contribution in [0.1, 0.15) is 23.1 Å². The van der Waals surface area contributed by atoms with Crippen LogP contribution < -0.4 is 10.6 Å². The topological polar surface area (TPSA) is 111 Å². The molecule has 190 valence electrons. The number of hydrogen-bond acceptors (Lipinski definition) is 6. The number of aromatic nitrogens is 4. The summed E-state index contributed by atoms with van der Waals surface area (Å²) in [6, 6.07) is 16.0. The quantitative estimate of drug-likeness (QED) is 0.417. The van der Waals surface area contributed by atoms with Crippen LogP contribution in [0.15, 0.2) is 66.1 Å². The van der Waals surface area contributed by atoms with Gasteiger partial charge in [-0.2, -0.15) is 15.3 Å². The van der Waals surface area contributed by atoms with E-state index in [-0.39, 0.29) is 17.9 Å². The minimum atomic E-state index is -0.407. The second kappa shape index (κ2) is 8.99. The van der Waals surface area contributed by atoms with E-state index in [9.17, 15) is 14.9 Å². The Bertz CT molecular complexity index is 1670. The first kappa shape index (κ1) is 23.7. The van der Waals surface area contributed by atoms with Crippen molar-refractivity contribution >= 4 is 22.6 Å². The molecule has 0 atom stereocenters. The van der Waals surface area contributed by atoms with Crippen molar-refractivity contribution < 1.29 is 4.79 Å². The fourth-order valence-corrected chi connectivity index (χ4v) is 5.91. The highest BCUT2D eigenvalue weighted by atomic mass is 16.2. The largest absolute Gasteiger partial charge is 0.355 e. The summed E-state index contributed by atoms with van der Waals surface area (Å²) in [5.41, 5.74) is 3.94. The Morgan fingerprint density at radius 3 is 2.74 bits per heavy atom. The zero-order valence-electron chi connectivity index (χ0n) is 21.1. The molecule has 1 amide bonds. The number of nitriles is 1. The molecule has 6 rings (SSSR count). The van der Waals surface area contributed by atoms with Crippen LogP contribution in [-0.2, 0) is 11.3 Å². The highest BCUT2D eigenvalue weighted by Gasteiger charge is 2.49. The fourth-order valence-electron chi connectivity index (χ4n) is 5.91. The number of nitrogens with zero attached hydrogens (tertiary/aromatic N) is 6. The van der Waals surface area contributed by atoms with Crippen molar-refractivity contribution in [2.75, 3.05) is 31.1 Å². The van der Waals surface area contributed by atoms with E-state index in [2.05, 4.69) is 27.8 Å². The van der Waals surface area contributed by atoms with Gasteiger partial charge in [0.2, 0.25) is 5.91 Å². The van der Waals surface area contributed by atoms with Gasteiger partial charge in [0.25, 0.3) is 0 Å². The predicted molar refractivity (Wildman–Crippen MR) is 145 cm³/mol. The molecule has 0 aliphatic carbocycles. The molecule has 1 spiro atoms. The number of nitrogens with one attached hydrogen (secondary N) is 1. The average Bonchev–Trinajstić information content (AvgIpc) is 3.57. The first-order valence-corrected chi connectivity index (χ1v) is 12.6. The molecule has 2 aromatic carbocycles. The van der Waals surface area contributed by atoms with Gasteiger partial charge in [-0.3, -0.25) is 14.5 Å². The summed E-state index contributed by atoms with van der Waals surface area (Å²) < 4.78 is 1.60. The number of hydrogen-bond donors (Lipinski definition) is 1. The van der Waals surface area contributed by atoms with Crippen molar-refractivity contribution in [3.8, 4) is 17.3 Å². The number of anilines is 1. The van der Waals surface area contributed by atoms with Crippen LogP contribution in [-0.4, -0.2) is 56.7 Å². The Balaban J connectivity index is 1.50. The van der Waals surface area contributed by atoms with E-state index < -0.39 is 5.69 Å². The summed E-state index contributed by atoms with van der Waals surface area (Å²) in [5, 5.41) is 18.6. The normalized spacial score (nSPS) is 16.0. The molecular weight excluding hydrogens is 478 g/mol. The van der Waals surface area contributed by atoms with Crippen LogP contribution in [0.25, 0.3) is 22.2 Å². The second-order valence-corrected chi connectivity index (χ2v) is 10.3. The minimum absolute atomic E-state index is 0.0629. The molecular formula is C29H27N7O2. The summed E-state index contributed by atoms with van der Waals surface area (Å²) in [6.07, 6.45) is 3.94. The number of H-pyrrole nitrogens is 1. The van der Waals surface area contributed by atoms with Gasteiger partial charge in [-0.05, 0) is 36.6 Å². The van der Waals surface area contributed by atoms with E-state index >= 15 is 0 Å². The van der Waals surface area contributed by atoms with Gasteiger partial charge in [0, 0.05) is 42.5 Å². The number of amides is 1. The van der Waals surface area contributed by atoms with Crippen molar-refractivity contribution in [1.29, 1.82) is 5.26 Å². The molecule has 0 saturated carbocycles. The summed E-state index contributed by atoms with van der Waals surface area (Å²) in [6.45, 7) is 8.42. The van der Waals surface area contributed by atoms with Gasteiger partial charge < -0.3 is 9.80 Å². The Hall–Kier alpha value is -4.71. The first-order chi connectivity index (χ1) is 18.4. The highest BCUT2D eigenvalue weighted by molar-refractivity contribution is 5.97. The van der Waals surface area contributed by atoms with Crippen LogP contribution in [0.4, 0.5) is 5.82 Å². The predicted octanol–water partition coefficient (Wildman–Crippen LogP) is 3.24. The maximum absolute atomic E-state index is 13.7. The molecule has 2 aliphatic heterocycles. The van der Waals surface area contributed by atoms with Crippen LogP contribution in [0.5, 0.6) is 0 Å². The maximum atomic E-state index is 13.7. The number of carbonyl (C=O) groups excluding carboxylic acids is 1. The minimum Gasteiger partial charge on any atom is -0.355 e. The summed E-state index contributed by atoms with van der Waals surface area (Å²) in [5.74, 6) is 0.335. The van der Waals surface area contributed by atoms with E-state index in [4.69, 9.17) is 0 Å². The van der Waals surface area contributed by atoms with E-state index in [1.807, 2.05) is 54.3 Å². The van der Waals surface area contributed by atoms with Crippen molar-refractivity contribution in [2.45, 2.75) is 19.9 Å². The van der Waals surface area contributed by atoms with Crippen molar-refractivity contribution in [2.24, 2.45) is 5.41 Å². The smallest absolute Gasteiger partial charge is 0.350 e. The van der Waals surface area contributed by atoms with Crippen molar-refractivity contribution in [1.82, 2.24) is 24.6 Å². The molecule has 2 aromatic heterocycles. The maximum Gasteiger partial charge on any atom is 0.350 e. The standard InChI is InChI=1S/C29H27N7O2/c1-3-24(37)35-17-29(18-35)11-12-34(16-29)27-21(13-30)26(25-19(2)9-10-23-22(25)14-31-33-23)36(28(38)32-27)15-20-7-5-4-6-8-20/h3-10,14H,1,11-12,15-18H2,2H3,(H,31,33). The molecule has 0 unspecified atom stereocenters. The molecule has 0 radical (unpaired) electrons. The molecule has 9 nitrogen and oxygen atoms in total. The lowest BCUT2D eigenvalue weighted by atomic mass is 9.79. The van der Waals surface area contributed by atoms with Crippen LogP contribution in [0.3, 0.4) is 0 Å². The van der Waals surface area contributed by atoms with Crippen molar-refractivity contribution in [3.05, 3.63) is 88.5 Å². The molecule has 4 aromatic rings. The lowest BCUT2D eigenvalue weighted by Crippen LogP contribution is -2.59. The molecule has 1 N–H and O–H groups in total. The lowest BCUT2D eigenvalue weighted by molar-refractivity contribution is -0.136. The van der Waals surface area contributed by atoms with Crippen molar-refractivity contribution in [3.63, 3.8) is 0 Å². The van der Waals surface area contributed by atoms with E-state index in [0.717, 1.165) is 34.0 Å². The zero-order valence-corrected chi connectivity index (χ0v) is 21.1. The summed E-state index contributed by atoms with van der Waals surface area (Å²) in [4.78, 5) is 34.0. The molecule has 2 saturated heterocycles. The Morgan fingerprint density at radius 2 is 2.00 bits per heavy atom. The van der Waals surface area contributed by atoms with E-state index in [1.165, 1.54) is 6.08 Å². The van der Waals surface area contributed by atoms with Gasteiger partial charge >= 0.3 is 5.69 Å². The Labute approximate surface area is 219 Å². The van der Waals surface area contributed by atoms with Gasteiger partial charge in [0.05, 0.1) is 24.0 Å². The van der Waals surface area contributed by atoms with Gasteiger partial charge in [-0.15, -0.1) is 0 Å². The third-order valence-corrected chi connectivity index (χ3v) is 7.80. The summed E-state index contributed by atoms with van der Waals surface area (Å²) >= 11 is 0. The monoisotopic (exact) mass is 505 g/mol. The van der Waals surface area contributed by atoms with Gasteiger partial charge in [0.15, 0.2) is 5.82 Å². The van der Waals surface area contributed by atoms with Gasteiger partial charge in [0.1, 0.15) is 11.6 Å². The molecule has 2 fully saturated rings. The second-order valence-electron chi connectivity index (χ2n) is 10.3. The van der Waals surface area contributed by atoms with Crippen LogP contribution in [0.2, 0.25) is 0 Å². The molecule has 9 heteroatoms. The third-order valence-electron chi connectivity index (χ3n) is 7.80. The lowest BCUT2D eigenvalue weighted by Gasteiger charge is -2.47. The number of benzene rings is 2. The van der Waals surface area contributed by atoms with Crippen LogP contribution in [0, 0.1) is 23.7 Å². The van der Waals surface area contributed by atoms with Gasteiger partial charge in [-0.25, -0.2) is 4.79 Å².